The van der Waals surface area contributed by atoms with Crippen LogP contribution in [-0.4, -0.2) is 28.8 Å². The van der Waals surface area contributed by atoms with Crippen molar-refractivity contribution in [1.29, 1.82) is 0 Å². The number of non-ortho nitro benzene ring substituents is 1. The predicted molar refractivity (Wildman–Crippen MR) is 73.3 cm³/mol. The zero-order valence-corrected chi connectivity index (χ0v) is 11.5. The number of nitro groups is 1. The van der Waals surface area contributed by atoms with E-state index in [4.69, 9.17) is 0 Å². The minimum absolute atomic E-state index is 0.0281. The Morgan fingerprint density at radius 3 is 2.40 bits per heavy atom. The van der Waals surface area contributed by atoms with Crippen LogP contribution in [0.5, 0.6) is 0 Å². The Morgan fingerprint density at radius 1 is 1.20 bits per heavy atom. The van der Waals surface area contributed by atoms with Gasteiger partial charge in [0.2, 0.25) is 5.91 Å². The summed E-state index contributed by atoms with van der Waals surface area (Å²) >= 11 is 0. The van der Waals surface area contributed by atoms with Gasteiger partial charge in [-0.2, -0.15) is 0 Å². The van der Waals surface area contributed by atoms with Gasteiger partial charge in [-0.15, -0.1) is 0 Å². The third kappa shape index (κ3) is 4.34. The lowest BCUT2D eigenvalue weighted by molar-refractivity contribution is -0.384. The fourth-order valence-electron chi connectivity index (χ4n) is 1.52. The maximum atomic E-state index is 11.9. The number of nitro benzene ring substituents is 1. The first-order chi connectivity index (χ1) is 9.31. The molecule has 108 valence electrons. The third-order valence-corrected chi connectivity index (χ3v) is 2.49. The van der Waals surface area contributed by atoms with E-state index in [9.17, 15) is 19.7 Å². The first-order valence-electron chi connectivity index (χ1n) is 6.17. The van der Waals surface area contributed by atoms with E-state index in [1.165, 1.54) is 24.3 Å². The predicted octanol–water partition coefficient (Wildman–Crippen LogP) is 1.24. The van der Waals surface area contributed by atoms with Crippen LogP contribution in [0.3, 0.4) is 0 Å². The van der Waals surface area contributed by atoms with Gasteiger partial charge >= 0.3 is 0 Å². The Bertz CT molecular complexity index is 528. The van der Waals surface area contributed by atoms with Gasteiger partial charge in [-0.3, -0.25) is 19.7 Å². The van der Waals surface area contributed by atoms with E-state index in [2.05, 4.69) is 10.6 Å². The lowest BCUT2D eigenvalue weighted by atomic mass is 10.1. The number of hydrogen-bond donors (Lipinski definition) is 2. The molecule has 0 heterocycles. The average Bonchev–Trinajstić information content (AvgIpc) is 2.37. The zero-order valence-electron chi connectivity index (χ0n) is 11.5. The summed E-state index contributed by atoms with van der Waals surface area (Å²) in [6.45, 7) is 5.17. The highest BCUT2D eigenvalue weighted by atomic mass is 16.6. The van der Waals surface area contributed by atoms with Crippen LogP contribution in [0.1, 0.15) is 31.1 Å². The fourth-order valence-corrected chi connectivity index (χ4v) is 1.52. The topological polar surface area (TPSA) is 101 Å². The lowest BCUT2D eigenvalue weighted by Gasteiger charge is -2.15. The summed E-state index contributed by atoms with van der Waals surface area (Å²) in [6, 6.07) is 4.60. The second-order valence-electron chi connectivity index (χ2n) is 4.67. The number of hydrogen-bond acceptors (Lipinski definition) is 4. The fraction of sp³-hybridized carbons (Fsp3) is 0.385. The van der Waals surface area contributed by atoms with Crippen molar-refractivity contribution in [3.8, 4) is 0 Å². The molecule has 1 unspecified atom stereocenters. The Hall–Kier alpha value is -2.44. The highest BCUT2D eigenvalue weighted by Gasteiger charge is 2.18. The number of carbonyl (C=O) groups excluding carboxylic acids is 2. The number of amides is 2. The molecule has 1 atom stereocenters. The molecule has 1 aromatic rings. The molecule has 0 spiro atoms. The molecule has 0 saturated heterocycles. The van der Waals surface area contributed by atoms with E-state index in [1.54, 1.807) is 6.92 Å². The van der Waals surface area contributed by atoms with Crippen molar-refractivity contribution in [2.75, 3.05) is 0 Å². The summed E-state index contributed by atoms with van der Waals surface area (Å²) in [6.07, 6.45) is 0. The van der Waals surface area contributed by atoms with Crippen LogP contribution < -0.4 is 10.6 Å². The standard InChI is InChI=1S/C13H17N3O4/c1-8(2)14-12(17)9(3)15-13(18)10-5-4-6-11(7-10)16(19)20/h4-9H,1-3H3,(H,14,17)(H,15,18). The quantitative estimate of drug-likeness (QED) is 0.625. The molecule has 0 radical (unpaired) electrons. The van der Waals surface area contributed by atoms with E-state index in [-0.39, 0.29) is 23.2 Å². The molecule has 0 saturated carbocycles. The smallest absolute Gasteiger partial charge is 0.270 e. The molecule has 0 aliphatic carbocycles. The minimum atomic E-state index is -0.718. The van der Waals surface area contributed by atoms with Crippen LogP contribution in [0.15, 0.2) is 24.3 Å². The third-order valence-electron chi connectivity index (χ3n) is 2.49. The van der Waals surface area contributed by atoms with Crippen molar-refractivity contribution in [3.63, 3.8) is 0 Å². The molecule has 1 aromatic carbocycles. The van der Waals surface area contributed by atoms with E-state index >= 15 is 0 Å². The van der Waals surface area contributed by atoms with Gasteiger partial charge in [-0.05, 0) is 26.8 Å². The number of nitrogens with one attached hydrogen (secondary N) is 2. The molecule has 20 heavy (non-hydrogen) atoms. The van der Waals surface area contributed by atoms with E-state index in [0.717, 1.165) is 0 Å². The lowest BCUT2D eigenvalue weighted by Crippen LogP contribution is -2.46. The Kier molecular flexibility index (Phi) is 5.19. The monoisotopic (exact) mass is 279 g/mol. The highest BCUT2D eigenvalue weighted by Crippen LogP contribution is 2.13. The maximum Gasteiger partial charge on any atom is 0.270 e. The van der Waals surface area contributed by atoms with Crippen molar-refractivity contribution in [3.05, 3.63) is 39.9 Å². The summed E-state index contributed by atoms with van der Waals surface area (Å²) in [5.41, 5.74) is -0.0275. The zero-order chi connectivity index (χ0) is 15.3. The summed E-state index contributed by atoms with van der Waals surface area (Å²) in [7, 11) is 0. The van der Waals surface area contributed by atoms with E-state index in [0.29, 0.717) is 0 Å². The first-order valence-corrected chi connectivity index (χ1v) is 6.17. The van der Waals surface area contributed by atoms with Crippen LogP contribution in [0.2, 0.25) is 0 Å². The van der Waals surface area contributed by atoms with Gasteiger partial charge in [0.1, 0.15) is 6.04 Å². The maximum absolute atomic E-state index is 11.9. The number of nitrogens with zero attached hydrogens (tertiary/aromatic N) is 1. The summed E-state index contributed by atoms with van der Waals surface area (Å²) in [5, 5.41) is 15.8. The Labute approximate surface area is 116 Å². The minimum Gasteiger partial charge on any atom is -0.352 e. The molecule has 0 aliphatic rings. The highest BCUT2D eigenvalue weighted by molar-refractivity contribution is 5.97. The molecular weight excluding hydrogens is 262 g/mol. The van der Waals surface area contributed by atoms with Gasteiger partial charge in [0.05, 0.1) is 4.92 Å². The number of rotatable bonds is 5. The Balaban J connectivity index is 2.73. The van der Waals surface area contributed by atoms with Gasteiger partial charge in [0, 0.05) is 23.7 Å². The van der Waals surface area contributed by atoms with Crippen molar-refractivity contribution >= 4 is 17.5 Å². The van der Waals surface area contributed by atoms with Crippen LogP contribution in [-0.2, 0) is 4.79 Å². The molecule has 0 bridgehead atoms. The van der Waals surface area contributed by atoms with Crippen LogP contribution in [0.25, 0.3) is 0 Å². The van der Waals surface area contributed by atoms with Crippen LogP contribution >= 0.6 is 0 Å². The van der Waals surface area contributed by atoms with Crippen LogP contribution in [0.4, 0.5) is 5.69 Å². The van der Waals surface area contributed by atoms with Gasteiger partial charge in [-0.1, -0.05) is 6.07 Å². The number of benzene rings is 1. The van der Waals surface area contributed by atoms with E-state index < -0.39 is 16.9 Å². The molecule has 0 fully saturated rings. The second-order valence-corrected chi connectivity index (χ2v) is 4.67. The number of carbonyl (C=O) groups is 2. The summed E-state index contributed by atoms with van der Waals surface area (Å²) in [4.78, 5) is 33.6. The molecule has 7 nitrogen and oxygen atoms in total. The van der Waals surface area contributed by atoms with Gasteiger partial charge in [-0.25, -0.2) is 0 Å². The molecule has 1 rings (SSSR count). The Morgan fingerprint density at radius 2 is 1.85 bits per heavy atom. The SMILES string of the molecule is CC(C)NC(=O)C(C)NC(=O)c1cccc([N+](=O)[O-])c1. The van der Waals surface area contributed by atoms with Crippen molar-refractivity contribution < 1.29 is 14.5 Å². The normalized spacial score (nSPS) is 11.8. The van der Waals surface area contributed by atoms with Crippen molar-refractivity contribution in [2.24, 2.45) is 0 Å². The molecule has 2 amide bonds. The summed E-state index contributed by atoms with van der Waals surface area (Å²) < 4.78 is 0. The van der Waals surface area contributed by atoms with Crippen molar-refractivity contribution in [1.82, 2.24) is 10.6 Å². The molecule has 0 aliphatic heterocycles. The van der Waals surface area contributed by atoms with Crippen LogP contribution in [0, 0.1) is 10.1 Å². The first kappa shape index (κ1) is 15.6. The molecule has 0 aromatic heterocycles. The average molecular weight is 279 g/mol. The van der Waals surface area contributed by atoms with Gasteiger partial charge < -0.3 is 10.6 Å². The van der Waals surface area contributed by atoms with Gasteiger partial charge in [0.15, 0.2) is 0 Å². The molecule has 7 heteroatoms. The second kappa shape index (κ2) is 6.65. The molecular formula is C13H17N3O4. The largest absolute Gasteiger partial charge is 0.352 e. The van der Waals surface area contributed by atoms with Crippen molar-refractivity contribution in [2.45, 2.75) is 32.9 Å². The summed E-state index contributed by atoms with van der Waals surface area (Å²) in [5.74, 6) is -0.834. The molecule has 2 N–H and O–H groups in total. The van der Waals surface area contributed by atoms with Gasteiger partial charge in [0.25, 0.3) is 11.6 Å². The van der Waals surface area contributed by atoms with E-state index in [1.807, 2.05) is 13.8 Å².